The van der Waals surface area contributed by atoms with Crippen LogP contribution in [-0.2, 0) is 0 Å². The van der Waals surface area contributed by atoms with Gasteiger partial charge in [-0.25, -0.2) is 4.98 Å². The molecule has 5 nitrogen and oxygen atoms in total. The Hall–Kier alpha value is -1.82. The largest absolute Gasteiger partial charge is 0.476 e. The minimum atomic E-state index is 0.416. The van der Waals surface area contributed by atoms with Gasteiger partial charge in [-0.05, 0) is 37.1 Å². The topological polar surface area (TPSA) is 73.1 Å². The molecule has 0 unspecified atom stereocenters. The Morgan fingerprint density at radius 2 is 2.15 bits per heavy atom. The van der Waals surface area contributed by atoms with Gasteiger partial charge in [0.25, 0.3) is 0 Å². The van der Waals surface area contributed by atoms with Crippen LogP contribution in [0.1, 0.15) is 18.9 Å². The summed E-state index contributed by atoms with van der Waals surface area (Å²) < 4.78 is 6.52. The molecule has 106 valence electrons. The predicted octanol–water partition coefficient (Wildman–Crippen LogP) is 3.66. The van der Waals surface area contributed by atoms with E-state index in [-0.39, 0.29) is 0 Å². The van der Waals surface area contributed by atoms with Crippen LogP contribution in [0.25, 0.3) is 0 Å². The molecular weight excluding hydrogens is 320 g/mol. The van der Waals surface area contributed by atoms with E-state index in [1.807, 2.05) is 32.0 Å². The van der Waals surface area contributed by atoms with Gasteiger partial charge >= 0.3 is 0 Å². The van der Waals surface area contributed by atoms with Crippen LogP contribution >= 0.6 is 15.9 Å². The average Bonchev–Trinajstić information content (AvgIpc) is 2.42. The minimum Gasteiger partial charge on any atom is -0.476 e. The Morgan fingerprint density at radius 1 is 1.35 bits per heavy atom. The number of rotatable bonds is 5. The first-order chi connectivity index (χ1) is 9.61. The Kier molecular flexibility index (Phi) is 4.79. The predicted molar refractivity (Wildman–Crippen MR) is 84.4 cm³/mol. The van der Waals surface area contributed by atoms with Gasteiger partial charge in [-0.1, -0.05) is 22.9 Å². The minimum absolute atomic E-state index is 0.416. The highest BCUT2D eigenvalue weighted by Gasteiger charge is 2.10. The van der Waals surface area contributed by atoms with Crippen LogP contribution < -0.4 is 15.8 Å². The molecule has 0 spiro atoms. The van der Waals surface area contributed by atoms with E-state index in [0.717, 1.165) is 22.1 Å². The summed E-state index contributed by atoms with van der Waals surface area (Å²) >= 11 is 3.44. The lowest BCUT2D eigenvalue weighted by Gasteiger charge is -2.13. The number of halogens is 1. The van der Waals surface area contributed by atoms with Crippen molar-refractivity contribution in [3.8, 4) is 5.88 Å². The van der Waals surface area contributed by atoms with Crippen molar-refractivity contribution in [2.24, 2.45) is 0 Å². The van der Waals surface area contributed by atoms with Crippen LogP contribution in [0, 0.1) is 6.92 Å². The van der Waals surface area contributed by atoms with Crippen molar-refractivity contribution in [1.29, 1.82) is 0 Å². The highest BCUT2D eigenvalue weighted by molar-refractivity contribution is 9.10. The van der Waals surface area contributed by atoms with Gasteiger partial charge in [-0.3, -0.25) is 0 Å². The molecule has 0 fully saturated rings. The number of aromatic nitrogens is 2. The lowest BCUT2D eigenvalue weighted by molar-refractivity contribution is 0.307. The lowest BCUT2D eigenvalue weighted by Crippen LogP contribution is -2.06. The number of hydrogen-bond acceptors (Lipinski definition) is 5. The second-order valence-corrected chi connectivity index (χ2v) is 5.29. The number of nitrogens with zero attached hydrogens (tertiary/aromatic N) is 2. The van der Waals surface area contributed by atoms with Crippen molar-refractivity contribution >= 4 is 33.1 Å². The standard InChI is InChI=1S/C14H17BrN4O/c1-3-6-20-14-12(16)13(17-8-18-14)19-11-5-4-10(15)7-9(11)2/h4-5,7-8H,3,6,16H2,1-2H3,(H,17,18,19). The van der Waals surface area contributed by atoms with Crippen molar-refractivity contribution < 1.29 is 4.74 Å². The van der Waals surface area contributed by atoms with Crippen LogP contribution in [0.3, 0.4) is 0 Å². The van der Waals surface area contributed by atoms with Gasteiger partial charge in [0, 0.05) is 10.2 Å². The normalized spacial score (nSPS) is 10.3. The zero-order valence-corrected chi connectivity index (χ0v) is 13.1. The molecule has 0 radical (unpaired) electrons. The molecule has 0 amide bonds. The zero-order chi connectivity index (χ0) is 14.5. The maximum absolute atomic E-state index is 6.03. The number of ether oxygens (including phenoxy) is 1. The molecule has 2 aromatic rings. The number of benzene rings is 1. The zero-order valence-electron chi connectivity index (χ0n) is 11.5. The van der Waals surface area contributed by atoms with Gasteiger partial charge in [0.1, 0.15) is 12.0 Å². The van der Waals surface area contributed by atoms with Gasteiger partial charge in [-0.15, -0.1) is 0 Å². The highest BCUT2D eigenvalue weighted by atomic mass is 79.9. The quantitative estimate of drug-likeness (QED) is 0.871. The van der Waals surface area contributed by atoms with E-state index in [0.29, 0.717) is 24.0 Å². The van der Waals surface area contributed by atoms with Crippen LogP contribution in [-0.4, -0.2) is 16.6 Å². The maximum atomic E-state index is 6.03. The van der Waals surface area contributed by atoms with E-state index in [9.17, 15) is 0 Å². The monoisotopic (exact) mass is 336 g/mol. The summed E-state index contributed by atoms with van der Waals surface area (Å²) in [5.74, 6) is 0.968. The van der Waals surface area contributed by atoms with Crippen LogP contribution in [0.5, 0.6) is 5.88 Å². The molecule has 0 atom stereocenters. The Labute approximate surface area is 126 Å². The molecule has 3 N–H and O–H groups in total. The Bertz CT molecular complexity index is 604. The highest BCUT2D eigenvalue weighted by Crippen LogP contribution is 2.29. The van der Waals surface area contributed by atoms with Crippen molar-refractivity contribution in [2.45, 2.75) is 20.3 Å². The molecule has 1 heterocycles. The molecule has 1 aromatic heterocycles. The number of nitrogens with one attached hydrogen (secondary N) is 1. The summed E-state index contributed by atoms with van der Waals surface area (Å²) in [6.07, 6.45) is 2.34. The first-order valence-corrected chi connectivity index (χ1v) is 7.17. The summed E-state index contributed by atoms with van der Waals surface area (Å²) in [5, 5.41) is 3.21. The third-order valence-corrected chi connectivity index (χ3v) is 3.23. The molecule has 20 heavy (non-hydrogen) atoms. The first-order valence-electron chi connectivity index (χ1n) is 6.38. The maximum Gasteiger partial charge on any atom is 0.242 e. The number of nitrogens with two attached hydrogens (primary N) is 1. The van der Waals surface area contributed by atoms with E-state index in [2.05, 4.69) is 31.2 Å². The molecule has 0 aliphatic carbocycles. The fraction of sp³-hybridized carbons (Fsp3) is 0.286. The van der Waals surface area contributed by atoms with E-state index >= 15 is 0 Å². The molecule has 0 aliphatic heterocycles. The van der Waals surface area contributed by atoms with Crippen LogP contribution in [0.15, 0.2) is 29.0 Å². The molecule has 6 heteroatoms. The molecule has 2 rings (SSSR count). The number of anilines is 3. The fourth-order valence-electron chi connectivity index (χ4n) is 1.69. The van der Waals surface area contributed by atoms with Crippen molar-refractivity contribution in [3.63, 3.8) is 0 Å². The van der Waals surface area contributed by atoms with Crippen LogP contribution in [0.2, 0.25) is 0 Å². The molecule has 1 aromatic carbocycles. The lowest BCUT2D eigenvalue weighted by atomic mass is 10.2. The van der Waals surface area contributed by atoms with Gasteiger partial charge in [0.2, 0.25) is 5.88 Å². The van der Waals surface area contributed by atoms with Gasteiger partial charge in [-0.2, -0.15) is 4.98 Å². The van der Waals surface area contributed by atoms with E-state index in [1.54, 1.807) is 0 Å². The molecule has 0 saturated heterocycles. The summed E-state index contributed by atoms with van der Waals surface area (Å²) in [6.45, 7) is 4.62. The number of nitrogen functional groups attached to an aromatic ring is 1. The van der Waals surface area contributed by atoms with E-state index in [1.165, 1.54) is 6.33 Å². The van der Waals surface area contributed by atoms with E-state index < -0.39 is 0 Å². The Balaban J connectivity index is 2.24. The summed E-state index contributed by atoms with van der Waals surface area (Å²) in [6, 6.07) is 5.95. The summed E-state index contributed by atoms with van der Waals surface area (Å²) in [4.78, 5) is 8.22. The molecule has 0 bridgehead atoms. The second kappa shape index (κ2) is 6.56. The average molecular weight is 337 g/mol. The van der Waals surface area contributed by atoms with Gasteiger partial charge in [0.15, 0.2) is 5.82 Å². The number of aryl methyl sites for hydroxylation is 1. The molecular formula is C14H17BrN4O. The third-order valence-electron chi connectivity index (χ3n) is 2.73. The van der Waals surface area contributed by atoms with Crippen LogP contribution in [0.4, 0.5) is 17.2 Å². The van der Waals surface area contributed by atoms with Crippen molar-refractivity contribution in [1.82, 2.24) is 9.97 Å². The summed E-state index contributed by atoms with van der Waals surface area (Å²) in [7, 11) is 0. The first kappa shape index (κ1) is 14.6. The fourth-order valence-corrected chi connectivity index (χ4v) is 2.16. The van der Waals surface area contributed by atoms with Gasteiger partial charge in [0.05, 0.1) is 6.61 Å². The van der Waals surface area contributed by atoms with E-state index in [4.69, 9.17) is 10.5 Å². The second-order valence-electron chi connectivity index (χ2n) is 4.37. The number of hydrogen-bond donors (Lipinski definition) is 2. The molecule has 0 aliphatic rings. The third kappa shape index (κ3) is 3.39. The van der Waals surface area contributed by atoms with Crippen molar-refractivity contribution in [3.05, 3.63) is 34.6 Å². The Morgan fingerprint density at radius 3 is 2.85 bits per heavy atom. The smallest absolute Gasteiger partial charge is 0.242 e. The SMILES string of the molecule is CCCOc1ncnc(Nc2ccc(Br)cc2C)c1N. The summed E-state index contributed by atoms with van der Waals surface area (Å²) in [5.41, 5.74) is 8.49. The van der Waals surface area contributed by atoms with Crippen molar-refractivity contribution in [2.75, 3.05) is 17.7 Å². The van der Waals surface area contributed by atoms with Gasteiger partial charge < -0.3 is 15.8 Å². The molecule has 0 saturated carbocycles.